The molecule has 26 heavy (non-hydrogen) atoms. The molecule has 128 valence electrons. The summed E-state index contributed by atoms with van der Waals surface area (Å²) in [5.74, 6) is -0.466. The molecular weight excluding hydrogens is 331 g/mol. The molecule has 0 aliphatic carbocycles. The van der Waals surface area contributed by atoms with Gasteiger partial charge in [-0.15, -0.1) is 0 Å². The SMILES string of the molecule is COc1cc2c(c3ccccc13)OC(=N)C(C#N)C2c1ccc(F)cc1. The monoisotopic (exact) mass is 346 g/mol. The molecule has 3 aromatic carbocycles. The first-order valence-corrected chi connectivity index (χ1v) is 8.15. The third-order valence-electron chi connectivity index (χ3n) is 4.74. The smallest absolute Gasteiger partial charge is 0.205 e. The molecule has 2 unspecified atom stereocenters. The maximum absolute atomic E-state index is 13.4. The van der Waals surface area contributed by atoms with E-state index in [-0.39, 0.29) is 11.7 Å². The van der Waals surface area contributed by atoms with Gasteiger partial charge in [-0.25, -0.2) is 4.39 Å². The quantitative estimate of drug-likeness (QED) is 0.736. The van der Waals surface area contributed by atoms with Crippen LogP contribution < -0.4 is 9.47 Å². The van der Waals surface area contributed by atoms with E-state index in [1.165, 1.54) is 12.1 Å². The van der Waals surface area contributed by atoms with Crippen LogP contribution >= 0.6 is 0 Å². The summed E-state index contributed by atoms with van der Waals surface area (Å²) in [4.78, 5) is 0. The van der Waals surface area contributed by atoms with Crippen LogP contribution in [0.15, 0.2) is 54.6 Å². The van der Waals surface area contributed by atoms with Gasteiger partial charge in [0.1, 0.15) is 23.2 Å². The van der Waals surface area contributed by atoms with Crippen LogP contribution in [0.5, 0.6) is 11.5 Å². The molecule has 2 atom stereocenters. The third-order valence-corrected chi connectivity index (χ3v) is 4.74. The fourth-order valence-electron chi connectivity index (χ4n) is 3.53. The number of nitrogens with zero attached hydrogens (tertiary/aromatic N) is 1. The van der Waals surface area contributed by atoms with Gasteiger partial charge in [0.15, 0.2) is 0 Å². The van der Waals surface area contributed by atoms with Crippen molar-refractivity contribution < 1.29 is 13.9 Å². The van der Waals surface area contributed by atoms with Crippen LogP contribution in [-0.4, -0.2) is 13.0 Å². The van der Waals surface area contributed by atoms with Crippen molar-refractivity contribution in [3.63, 3.8) is 0 Å². The average molecular weight is 346 g/mol. The number of halogens is 1. The fourth-order valence-corrected chi connectivity index (χ4v) is 3.53. The summed E-state index contributed by atoms with van der Waals surface area (Å²) in [7, 11) is 1.59. The molecule has 0 saturated carbocycles. The molecule has 1 aliphatic heterocycles. The Hall–Kier alpha value is -3.39. The fraction of sp³-hybridized carbons (Fsp3) is 0.143. The second kappa shape index (κ2) is 6.16. The zero-order valence-electron chi connectivity index (χ0n) is 14.0. The number of ether oxygens (including phenoxy) is 2. The number of rotatable bonds is 2. The van der Waals surface area contributed by atoms with E-state index < -0.39 is 11.8 Å². The summed E-state index contributed by atoms with van der Waals surface area (Å²) in [6.07, 6.45) is 0. The Morgan fingerprint density at radius 2 is 1.81 bits per heavy atom. The van der Waals surface area contributed by atoms with Crippen LogP contribution in [0.3, 0.4) is 0 Å². The van der Waals surface area contributed by atoms with Gasteiger partial charge in [-0.2, -0.15) is 5.26 Å². The topological polar surface area (TPSA) is 66.1 Å². The Morgan fingerprint density at radius 3 is 2.46 bits per heavy atom. The van der Waals surface area contributed by atoms with Crippen LogP contribution in [-0.2, 0) is 0 Å². The molecule has 1 heterocycles. The Morgan fingerprint density at radius 1 is 1.12 bits per heavy atom. The van der Waals surface area contributed by atoms with Crippen LogP contribution in [0.1, 0.15) is 17.0 Å². The number of benzene rings is 3. The number of nitrogens with one attached hydrogen (secondary N) is 1. The summed E-state index contributed by atoms with van der Waals surface area (Å²) < 4.78 is 24.7. The molecule has 0 saturated heterocycles. The number of fused-ring (bicyclic) bond motifs is 3. The lowest BCUT2D eigenvalue weighted by Gasteiger charge is -2.31. The van der Waals surface area contributed by atoms with Gasteiger partial charge in [-0.05, 0) is 23.8 Å². The minimum atomic E-state index is -0.793. The first kappa shape index (κ1) is 16.1. The van der Waals surface area contributed by atoms with E-state index in [4.69, 9.17) is 14.9 Å². The standard InChI is InChI=1S/C21H15FN2O2/c1-25-18-10-16-19(12-6-8-13(22)9-7-12)17(11-23)21(24)26-20(16)15-5-3-2-4-14(15)18/h2-10,17,19,24H,1H3. The summed E-state index contributed by atoms with van der Waals surface area (Å²) in [5, 5.41) is 19.5. The molecule has 0 bridgehead atoms. The molecule has 5 heteroatoms. The lowest BCUT2D eigenvalue weighted by Crippen LogP contribution is -2.31. The molecule has 0 radical (unpaired) electrons. The van der Waals surface area contributed by atoms with E-state index in [0.29, 0.717) is 11.5 Å². The molecule has 0 fully saturated rings. The zero-order chi connectivity index (χ0) is 18.3. The van der Waals surface area contributed by atoms with Crippen molar-refractivity contribution in [3.05, 3.63) is 71.5 Å². The average Bonchev–Trinajstić information content (AvgIpc) is 2.67. The normalized spacial score (nSPS) is 18.7. The van der Waals surface area contributed by atoms with Crippen molar-refractivity contribution in [2.24, 2.45) is 5.92 Å². The summed E-state index contributed by atoms with van der Waals surface area (Å²) >= 11 is 0. The van der Waals surface area contributed by atoms with Gasteiger partial charge in [-0.3, -0.25) is 5.41 Å². The van der Waals surface area contributed by atoms with Crippen LogP contribution in [0.2, 0.25) is 0 Å². The predicted molar refractivity (Wildman–Crippen MR) is 96.2 cm³/mol. The first-order chi connectivity index (χ1) is 12.6. The minimum Gasteiger partial charge on any atom is -0.496 e. The van der Waals surface area contributed by atoms with Gasteiger partial charge in [0, 0.05) is 22.3 Å². The minimum absolute atomic E-state index is 0.107. The van der Waals surface area contributed by atoms with Crippen LogP contribution in [0, 0.1) is 28.5 Å². The highest BCUT2D eigenvalue weighted by Gasteiger charge is 2.38. The summed E-state index contributed by atoms with van der Waals surface area (Å²) in [5.41, 5.74) is 1.51. The van der Waals surface area contributed by atoms with Crippen molar-refractivity contribution in [3.8, 4) is 17.6 Å². The van der Waals surface area contributed by atoms with E-state index in [9.17, 15) is 9.65 Å². The predicted octanol–water partition coefficient (Wildman–Crippen LogP) is 4.63. The van der Waals surface area contributed by atoms with Gasteiger partial charge in [0.05, 0.1) is 13.2 Å². The van der Waals surface area contributed by atoms with Gasteiger partial charge >= 0.3 is 0 Å². The molecule has 0 spiro atoms. The molecular formula is C21H15FN2O2. The van der Waals surface area contributed by atoms with Crippen molar-refractivity contribution in [1.82, 2.24) is 0 Å². The number of nitriles is 1. The van der Waals surface area contributed by atoms with Crippen molar-refractivity contribution in [1.29, 1.82) is 10.7 Å². The van der Waals surface area contributed by atoms with Gasteiger partial charge in [0.25, 0.3) is 0 Å². The van der Waals surface area contributed by atoms with Crippen LogP contribution in [0.25, 0.3) is 10.8 Å². The number of hydrogen-bond donors (Lipinski definition) is 1. The molecule has 4 nitrogen and oxygen atoms in total. The highest BCUT2D eigenvalue weighted by Crippen LogP contribution is 2.48. The third kappa shape index (κ3) is 2.39. The largest absolute Gasteiger partial charge is 0.496 e. The molecule has 4 rings (SSSR count). The van der Waals surface area contributed by atoms with Crippen molar-refractivity contribution in [2.45, 2.75) is 5.92 Å². The Labute approximate surface area is 149 Å². The van der Waals surface area contributed by atoms with E-state index >= 15 is 0 Å². The zero-order valence-corrected chi connectivity index (χ0v) is 14.0. The summed E-state index contributed by atoms with van der Waals surface area (Å²) in [6, 6.07) is 17.6. The van der Waals surface area contributed by atoms with Crippen LogP contribution in [0.4, 0.5) is 4.39 Å². The second-order valence-electron chi connectivity index (χ2n) is 6.15. The number of methoxy groups -OCH3 is 1. The Balaban J connectivity index is 2.03. The summed E-state index contributed by atoms with van der Waals surface area (Å²) in [6.45, 7) is 0. The molecule has 0 aromatic heterocycles. The highest BCUT2D eigenvalue weighted by molar-refractivity contribution is 5.99. The maximum atomic E-state index is 13.4. The number of hydrogen-bond acceptors (Lipinski definition) is 4. The van der Waals surface area contributed by atoms with Crippen molar-refractivity contribution >= 4 is 16.7 Å². The second-order valence-corrected chi connectivity index (χ2v) is 6.15. The van der Waals surface area contributed by atoms with E-state index in [2.05, 4.69) is 6.07 Å². The lowest BCUT2D eigenvalue weighted by atomic mass is 9.78. The van der Waals surface area contributed by atoms with E-state index in [1.54, 1.807) is 19.2 Å². The first-order valence-electron chi connectivity index (χ1n) is 8.15. The van der Waals surface area contributed by atoms with E-state index in [0.717, 1.165) is 21.9 Å². The Kier molecular flexibility index (Phi) is 3.81. The molecule has 3 aromatic rings. The van der Waals surface area contributed by atoms with Crippen molar-refractivity contribution in [2.75, 3.05) is 7.11 Å². The van der Waals surface area contributed by atoms with E-state index in [1.807, 2.05) is 30.3 Å². The maximum Gasteiger partial charge on any atom is 0.205 e. The van der Waals surface area contributed by atoms with Gasteiger partial charge in [0.2, 0.25) is 5.90 Å². The van der Waals surface area contributed by atoms with Gasteiger partial charge in [-0.1, -0.05) is 36.4 Å². The molecule has 1 N–H and O–H groups in total. The molecule has 1 aliphatic rings. The highest BCUT2D eigenvalue weighted by atomic mass is 19.1. The molecule has 0 amide bonds. The Bertz CT molecular complexity index is 1050. The lowest BCUT2D eigenvalue weighted by molar-refractivity contribution is 0.414. The van der Waals surface area contributed by atoms with Gasteiger partial charge < -0.3 is 9.47 Å².